The maximum Gasteiger partial charge on any atom is 0.339 e. The molecule has 0 heterocycles. The molecule has 122 valence electrons. The molecule has 5 nitrogen and oxygen atoms in total. The number of hydrogen-bond acceptors (Lipinski definition) is 4. The van der Waals surface area contributed by atoms with Gasteiger partial charge in [0.2, 0.25) is 10.0 Å². The quantitative estimate of drug-likeness (QED) is 0.810. The summed E-state index contributed by atoms with van der Waals surface area (Å²) in [6.45, 7) is 0. The first-order valence-corrected chi connectivity index (χ1v) is 8.84. The van der Waals surface area contributed by atoms with Crippen molar-refractivity contribution in [1.29, 1.82) is 0 Å². The third-order valence-corrected chi connectivity index (χ3v) is 4.76. The van der Waals surface area contributed by atoms with Crippen LogP contribution < -0.4 is 4.72 Å². The number of hydrogen-bond donors (Lipinski definition) is 1. The number of nitrogens with one attached hydrogen (secondary N) is 1. The van der Waals surface area contributed by atoms with Crippen LogP contribution in [-0.4, -0.2) is 21.5 Å². The number of ether oxygens (including phenoxy) is 1. The fourth-order valence-electron chi connectivity index (χ4n) is 1.87. The number of methoxy groups -OCH3 is 1. The van der Waals surface area contributed by atoms with Crippen LogP contribution in [0, 0.1) is 0 Å². The molecule has 2 rings (SSSR count). The topological polar surface area (TPSA) is 72.5 Å². The van der Waals surface area contributed by atoms with Crippen LogP contribution in [0.3, 0.4) is 0 Å². The fraction of sp³-hybridized carbons (Fsp3) is 0.133. The first-order chi connectivity index (χ1) is 10.8. The van der Waals surface area contributed by atoms with Gasteiger partial charge in [-0.05, 0) is 35.9 Å². The monoisotopic (exact) mass is 373 g/mol. The molecule has 0 aliphatic heterocycles. The summed E-state index contributed by atoms with van der Waals surface area (Å²) in [6, 6.07) is 10.7. The van der Waals surface area contributed by atoms with Gasteiger partial charge in [-0.15, -0.1) is 0 Å². The van der Waals surface area contributed by atoms with Crippen LogP contribution in [0.25, 0.3) is 0 Å². The molecular formula is C15H13Cl2NO4S. The Morgan fingerprint density at radius 2 is 1.78 bits per heavy atom. The van der Waals surface area contributed by atoms with E-state index >= 15 is 0 Å². The lowest BCUT2D eigenvalue weighted by molar-refractivity contribution is 0.0601. The van der Waals surface area contributed by atoms with Gasteiger partial charge in [-0.25, -0.2) is 13.2 Å². The largest absolute Gasteiger partial charge is 0.465 e. The van der Waals surface area contributed by atoms with Gasteiger partial charge in [-0.2, -0.15) is 0 Å². The molecule has 0 spiro atoms. The zero-order valence-corrected chi connectivity index (χ0v) is 14.4. The second-order valence-corrected chi connectivity index (χ2v) is 7.24. The molecule has 8 heteroatoms. The summed E-state index contributed by atoms with van der Waals surface area (Å²) in [5, 5.41) is 0.706. The molecule has 0 aliphatic carbocycles. The first kappa shape index (κ1) is 17.6. The van der Waals surface area contributed by atoms with E-state index in [1.165, 1.54) is 25.3 Å². The van der Waals surface area contributed by atoms with Crippen molar-refractivity contribution in [2.45, 2.75) is 5.75 Å². The van der Waals surface area contributed by atoms with Gasteiger partial charge >= 0.3 is 5.97 Å². The van der Waals surface area contributed by atoms with Gasteiger partial charge in [0.15, 0.2) is 0 Å². The van der Waals surface area contributed by atoms with E-state index in [9.17, 15) is 13.2 Å². The number of benzene rings is 2. The molecule has 0 radical (unpaired) electrons. The number of anilines is 1. The Morgan fingerprint density at radius 1 is 1.13 bits per heavy atom. The van der Waals surface area contributed by atoms with E-state index in [-0.39, 0.29) is 22.0 Å². The molecule has 1 N–H and O–H groups in total. The fourth-order valence-corrected chi connectivity index (χ4v) is 3.38. The average molecular weight is 374 g/mol. The van der Waals surface area contributed by atoms with Crippen molar-refractivity contribution in [1.82, 2.24) is 0 Å². The van der Waals surface area contributed by atoms with Crippen molar-refractivity contribution in [3.05, 3.63) is 63.6 Å². The first-order valence-electron chi connectivity index (χ1n) is 6.43. The van der Waals surface area contributed by atoms with E-state index in [0.29, 0.717) is 10.6 Å². The lowest BCUT2D eigenvalue weighted by Crippen LogP contribution is -2.15. The highest BCUT2D eigenvalue weighted by molar-refractivity contribution is 7.91. The molecule has 0 unspecified atom stereocenters. The van der Waals surface area contributed by atoms with Gasteiger partial charge in [0.25, 0.3) is 0 Å². The Balaban J connectivity index is 2.20. The van der Waals surface area contributed by atoms with Gasteiger partial charge in [-0.1, -0.05) is 35.3 Å². The van der Waals surface area contributed by atoms with Gasteiger partial charge in [0.05, 0.1) is 23.4 Å². The van der Waals surface area contributed by atoms with Crippen molar-refractivity contribution in [3.8, 4) is 0 Å². The van der Waals surface area contributed by atoms with Crippen LogP contribution in [0.1, 0.15) is 15.9 Å². The maximum absolute atomic E-state index is 12.2. The van der Waals surface area contributed by atoms with E-state index < -0.39 is 16.0 Å². The van der Waals surface area contributed by atoms with E-state index in [0.717, 1.165) is 0 Å². The minimum Gasteiger partial charge on any atom is -0.465 e. The molecular weight excluding hydrogens is 361 g/mol. The minimum atomic E-state index is -3.65. The molecule has 0 aliphatic rings. The lowest BCUT2D eigenvalue weighted by atomic mass is 10.2. The normalized spacial score (nSPS) is 11.1. The molecule has 0 saturated carbocycles. The number of halogens is 2. The number of carbonyl (C=O) groups excluding carboxylic acids is 1. The molecule has 2 aromatic rings. The highest BCUT2D eigenvalue weighted by atomic mass is 35.5. The summed E-state index contributed by atoms with van der Waals surface area (Å²) in [5.41, 5.74) is 0.897. The van der Waals surface area contributed by atoms with Crippen molar-refractivity contribution in [2.75, 3.05) is 11.8 Å². The van der Waals surface area contributed by atoms with Gasteiger partial charge in [0, 0.05) is 10.7 Å². The van der Waals surface area contributed by atoms with Crippen molar-refractivity contribution in [3.63, 3.8) is 0 Å². The van der Waals surface area contributed by atoms with Crippen molar-refractivity contribution >= 4 is 44.9 Å². The molecule has 0 fully saturated rings. The molecule has 0 saturated heterocycles. The SMILES string of the molecule is COC(=O)c1cc(NS(=O)(=O)Cc2ccc(Cl)cc2)ccc1Cl. The highest BCUT2D eigenvalue weighted by Crippen LogP contribution is 2.23. The summed E-state index contributed by atoms with van der Waals surface area (Å²) in [7, 11) is -2.43. The summed E-state index contributed by atoms with van der Waals surface area (Å²) in [5.74, 6) is -0.867. The molecule has 0 bridgehead atoms. The van der Waals surface area contributed by atoms with Gasteiger partial charge in [0.1, 0.15) is 0 Å². The Kier molecular flexibility index (Phi) is 5.51. The predicted molar refractivity (Wildman–Crippen MR) is 90.5 cm³/mol. The second kappa shape index (κ2) is 7.21. The van der Waals surface area contributed by atoms with Crippen molar-refractivity contribution < 1.29 is 17.9 Å². The highest BCUT2D eigenvalue weighted by Gasteiger charge is 2.15. The number of rotatable bonds is 5. The maximum atomic E-state index is 12.2. The third kappa shape index (κ3) is 4.86. The van der Waals surface area contributed by atoms with Gasteiger partial charge in [-0.3, -0.25) is 4.72 Å². The number of sulfonamides is 1. The van der Waals surface area contributed by atoms with E-state index in [4.69, 9.17) is 23.2 Å². The van der Waals surface area contributed by atoms with E-state index in [1.54, 1.807) is 24.3 Å². The smallest absolute Gasteiger partial charge is 0.339 e. The van der Waals surface area contributed by atoms with E-state index in [2.05, 4.69) is 9.46 Å². The standard InChI is InChI=1S/C15H13Cl2NO4S/c1-22-15(19)13-8-12(6-7-14(13)17)18-23(20,21)9-10-2-4-11(16)5-3-10/h2-8,18H,9H2,1H3. The molecule has 2 aromatic carbocycles. The van der Waals surface area contributed by atoms with Crippen molar-refractivity contribution in [2.24, 2.45) is 0 Å². The zero-order valence-electron chi connectivity index (χ0n) is 12.0. The Labute approximate surface area is 144 Å². The third-order valence-electron chi connectivity index (χ3n) is 2.91. The minimum absolute atomic E-state index is 0.0841. The van der Waals surface area contributed by atoms with Gasteiger partial charge < -0.3 is 4.74 Å². The number of carbonyl (C=O) groups is 1. The Bertz CT molecular complexity index is 820. The second-order valence-electron chi connectivity index (χ2n) is 4.67. The molecule has 0 amide bonds. The molecule has 0 aromatic heterocycles. The average Bonchev–Trinajstić information content (AvgIpc) is 2.50. The van der Waals surface area contributed by atoms with Crippen LogP contribution in [0.15, 0.2) is 42.5 Å². The Morgan fingerprint density at radius 3 is 2.39 bits per heavy atom. The van der Waals surface area contributed by atoms with Crippen LogP contribution in [0.4, 0.5) is 5.69 Å². The summed E-state index contributed by atoms with van der Waals surface area (Å²) < 4.78 is 31.4. The van der Waals surface area contributed by atoms with Crippen LogP contribution in [0.5, 0.6) is 0 Å². The lowest BCUT2D eigenvalue weighted by Gasteiger charge is -2.10. The van der Waals surface area contributed by atoms with Crippen LogP contribution in [0.2, 0.25) is 10.0 Å². The van der Waals surface area contributed by atoms with Crippen LogP contribution in [-0.2, 0) is 20.5 Å². The summed E-state index contributed by atoms with van der Waals surface area (Å²) in [6.07, 6.45) is 0. The summed E-state index contributed by atoms with van der Waals surface area (Å²) >= 11 is 11.7. The Hall–Kier alpha value is -1.76. The number of esters is 1. The molecule has 0 atom stereocenters. The predicted octanol–water partition coefficient (Wildman–Crippen LogP) is 3.72. The van der Waals surface area contributed by atoms with E-state index in [1.807, 2.05) is 0 Å². The summed E-state index contributed by atoms with van der Waals surface area (Å²) in [4.78, 5) is 11.6. The molecule has 23 heavy (non-hydrogen) atoms. The van der Waals surface area contributed by atoms with Crippen LogP contribution >= 0.6 is 23.2 Å². The zero-order chi connectivity index (χ0) is 17.0.